The number of imide groups is 2. The predicted molar refractivity (Wildman–Crippen MR) is 118 cm³/mol. The lowest BCUT2D eigenvalue weighted by Gasteiger charge is -2.47. The van der Waals surface area contributed by atoms with Crippen molar-refractivity contribution >= 4 is 23.6 Å². The summed E-state index contributed by atoms with van der Waals surface area (Å²) in [6.07, 6.45) is 3.66. The van der Waals surface area contributed by atoms with E-state index in [0.717, 1.165) is 56.2 Å². The maximum atomic E-state index is 13.0. The van der Waals surface area contributed by atoms with Gasteiger partial charge in [0.05, 0.1) is 11.1 Å². The van der Waals surface area contributed by atoms with Crippen LogP contribution in [0.1, 0.15) is 58.4 Å². The van der Waals surface area contributed by atoms with Gasteiger partial charge < -0.3 is 15.4 Å². The van der Waals surface area contributed by atoms with Crippen molar-refractivity contribution in [3.63, 3.8) is 0 Å². The average molecular weight is 455 g/mol. The van der Waals surface area contributed by atoms with Gasteiger partial charge in [-0.2, -0.15) is 0 Å². The Morgan fingerprint density at radius 2 is 1.85 bits per heavy atom. The molecular weight excluding hydrogens is 424 g/mol. The molecule has 5 rings (SSSR count). The molecule has 4 heterocycles. The summed E-state index contributed by atoms with van der Waals surface area (Å²) in [4.78, 5) is 50.5. The van der Waals surface area contributed by atoms with Crippen molar-refractivity contribution in [2.24, 2.45) is 11.3 Å². The Bertz CT molecular complexity index is 979. The second-order valence-electron chi connectivity index (χ2n) is 9.58. The van der Waals surface area contributed by atoms with Crippen molar-refractivity contribution in [1.82, 2.24) is 20.9 Å². The van der Waals surface area contributed by atoms with E-state index >= 15 is 0 Å². The van der Waals surface area contributed by atoms with Crippen LogP contribution in [0.2, 0.25) is 0 Å². The molecule has 176 valence electrons. The quantitative estimate of drug-likeness (QED) is 0.558. The molecule has 2 unspecified atom stereocenters. The number of piperidine rings is 2. The van der Waals surface area contributed by atoms with Gasteiger partial charge in [-0.25, -0.2) is 0 Å². The lowest BCUT2D eigenvalue weighted by Crippen LogP contribution is -2.54. The highest BCUT2D eigenvalue weighted by Gasteiger charge is 2.45. The van der Waals surface area contributed by atoms with Crippen LogP contribution < -0.4 is 16.0 Å². The highest BCUT2D eigenvalue weighted by molar-refractivity contribution is 6.23. The van der Waals surface area contributed by atoms with Gasteiger partial charge in [-0.1, -0.05) is 6.07 Å². The van der Waals surface area contributed by atoms with Crippen LogP contribution in [0.4, 0.5) is 0 Å². The van der Waals surface area contributed by atoms with Crippen molar-refractivity contribution in [3.05, 3.63) is 34.9 Å². The largest absolute Gasteiger partial charge is 0.381 e. The number of nitrogens with one attached hydrogen (secondary N) is 3. The zero-order valence-electron chi connectivity index (χ0n) is 18.7. The zero-order valence-corrected chi connectivity index (χ0v) is 18.7. The van der Waals surface area contributed by atoms with Crippen molar-refractivity contribution in [3.8, 4) is 0 Å². The third-order valence-electron chi connectivity index (χ3n) is 7.77. The van der Waals surface area contributed by atoms with Gasteiger partial charge in [0.25, 0.3) is 11.8 Å². The standard InChI is InChI=1S/C24H30N4O5/c29-20-4-3-19(21(30)27-20)28-22(31)17-2-1-15(11-18(17)23(28)32)12-26-14-16-13-25-8-5-24(16)6-9-33-10-7-24/h1-2,11,16,19,25-26H,3-10,12-14H2,(H,27,29,30). The van der Waals surface area contributed by atoms with Crippen molar-refractivity contribution < 1.29 is 23.9 Å². The molecular formula is C24H30N4O5. The molecule has 3 saturated heterocycles. The monoisotopic (exact) mass is 454 g/mol. The third kappa shape index (κ3) is 4.09. The van der Waals surface area contributed by atoms with Gasteiger partial charge >= 0.3 is 0 Å². The lowest BCUT2D eigenvalue weighted by molar-refractivity contribution is -0.136. The molecule has 1 spiro atoms. The number of nitrogens with zero attached hydrogens (tertiary/aromatic N) is 1. The van der Waals surface area contributed by atoms with Gasteiger partial charge in [0.2, 0.25) is 11.8 Å². The first-order valence-electron chi connectivity index (χ1n) is 11.8. The molecule has 2 atom stereocenters. The lowest BCUT2D eigenvalue weighted by atomic mass is 9.66. The summed E-state index contributed by atoms with van der Waals surface area (Å²) in [6.45, 7) is 5.18. The van der Waals surface area contributed by atoms with Gasteiger partial charge in [-0.05, 0) is 67.8 Å². The Hall–Kier alpha value is -2.62. The van der Waals surface area contributed by atoms with E-state index in [4.69, 9.17) is 4.74 Å². The van der Waals surface area contributed by atoms with E-state index in [-0.39, 0.29) is 18.7 Å². The average Bonchev–Trinajstić information content (AvgIpc) is 3.06. The summed E-state index contributed by atoms with van der Waals surface area (Å²) in [5.41, 5.74) is 1.89. The molecule has 3 fully saturated rings. The maximum Gasteiger partial charge on any atom is 0.262 e. The van der Waals surface area contributed by atoms with Crippen LogP contribution in [0.3, 0.4) is 0 Å². The fourth-order valence-corrected chi connectivity index (χ4v) is 5.78. The van der Waals surface area contributed by atoms with Crippen LogP contribution >= 0.6 is 0 Å². The van der Waals surface area contributed by atoms with Crippen LogP contribution in [0.5, 0.6) is 0 Å². The minimum absolute atomic E-state index is 0.114. The number of hydrogen-bond donors (Lipinski definition) is 3. The van der Waals surface area contributed by atoms with E-state index in [1.165, 1.54) is 6.42 Å². The molecule has 0 saturated carbocycles. The van der Waals surface area contributed by atoms with Gasteiger partial charge in [0.1, 0.15) is 6.04 Å². The third-order valence-corrected chi connectivity index (χ3v) is 7.77. The molecule has 4 aliphatic heterocycles. The molecule has 3 N–H and O–H groups in total. The molecule has 0 radical (unpaired) electrons. The Morgan fingerprint density at radius 3 is 2.64 bits per heavy atom. The Kier molecular flexibility index (Phi) is 6.03. The van der Waals surface area contributed by atoms with Gasteiger partial charge in [0.15, 0.2) is 0 Å². The first kappa shape index (κ1) is 22.2. The molecule has 1 aromatic rings. The molecule has 0 aromatic heterocycles. The van der Waals surface area contributed by atoms with Crippen molar-refractivity contribution in [1.29, 1.82) is 0 Å². The minimum atomic E-state index is -0.939. The molecule has 0 bridgehead atoms. The predicted octanol–water partition coefficient (Wildman–Crippen LogP) is 0.584. The maximum absolute atomic E-state index is 13.0. The molecule has 4 aliphatic rings. The number of hydrogen-bond acceptors (Lipinski definition) is 7. The van der Waals surface area contributed by atoms with Crippen LogP contribution in [0.25, 0.3) is 0 Å². The SMILES string of the molecule is O=C1CCC(N2C(=O)c3ccc(CNCC4CNCCC45CCOCC5)cc3C2=O)C(=O)N1. The van der Waals surface area contributed by atoms with E-state index in [1.807, 2.05) is 6.07 Å². The van der Waals surface area contributed by atoms with E-state index in [9.17, 15) is 19.2 Å². The highest BCUT2D eigenvalue weighted by Crippen LogP contribution is 2.42. The van der Waals surface area contributed by atoms with Crippen molar-refractivity contribution in [2.75, 3.05) is 32.8 Å². The summed E-state index contributed by atoms with van der Waals surface area (Å²) in [5.74, 6) is -1.39. The number of carbonyl (C=O) groups excluding carboxylic acids is 4. The summed E-state index contributed by atoms with van der Waals surface area (Å²) in [7, 11) is 0. The van der Waals surface area contributed by atoms with Gasteiger partial charge in [-0.15, -0.1) is 0 Å². The highest BCUT2D eigenvalue weighted by atomic mass is 16.5. The van der Waals surface area contributed by atoms with Crippen LogP contribution in [-0.4, -0.2) is 67.4 Å². The molecule has 4 amide bonds. The molecule has 9 heteroatoms. The first-order valence-corrected chi connectivity index (χ1v) is 11.8. The number of fused-ring (bicyclic) bond motifs is 1. The number of benzene rings is 1. The van der Waals surface area contributed by atoms with Crippen LogP contribution in [-0.2, 0) is 20.9 Å². The first-order chi connectivity index (χ1) is 16.0. The number of carbonyl (C=O) groups is 4. The van der Waals surface area contributed by atoms with Gasteiger partial charge in [-0.3, -0.25) is 29.4 Å². The van der Waals surface area contributed by atoms with Crippen LogP contribution in [0.15, 0.2) is 18.2 Å². The Morgan fingerprint density at radius 1 is 1.06 bits per heavy atom. The summed E-state index contributed by atoms with van der Waals surface area (Å²) in [6, 6.07) is 4.33. The topological polar surface area (TPSA) is 117 Å². The minimum Gasteiger partial charge on any atom is -0.381 e. The summed E-state index contributed by atoms with van der Waals surface area (Å²) >= 11 is 0. The number of amides is 4. The second-order valence-corrected chi connectivity index (χ2v) is 9.58. The Balaban J connectivity index is 1.24. The fourth-order valence-electron chi connectivity index (χ4n) is 5.78. The molecule has 9 nitrogen and oxygen atoms in total. The fraction of sp³-hybridized carbons (Fsp3) is 0.583. The second kappa shape index (κ2) is 8.96. The molecule has 0 aliphatic carbocycles. The molecule has 1 aromatic carbocycles. The van der Waals surface area contributed by atoms with E-state index in [2.05, 4.69) is 16.0 Å². The summed E-state index contributed by atoms with van der Waals surface area (Å²) in [5, 5.41) is 9.30. The van der Waals surface area contributed by atoms with Gasteiger partial charge in [0, 0.05) is 32.7 Å². The smallest absolute Gasteiger partial charge is 0.262 e. The molecule has 33 heavy (non-hydrogen) atoms. The normalized spacial score (nSPS) is 27.1. The number of ether oxygens (including phenoxy) is 1. The van der Waals surface area contributed by atoms with E-state index in [0.29, 0.717) is 29.0 Å². The van der Waals surface area contributed by atoms with Crippen LogP contribution in [0, 0.1) is 11.3 Å². The Labute approximate surface area is 192 Å². The van der Waals surface area contributed by atoms with Crippen molar-refractivity contribution in [2.45, 2.75) is 44.7 Å². The zero-order chi connectivity index (χ0) is 23.0. The van der Waals surface area contributed by atoms with E-state index in [1.54, 1.807) is 12.1 Å². The van der Waals surface area contributed by atoms with E-state index < -0.39 is 23.8 Å². The number of rotatable bonds is 5. The summed E-state index contributed by atoms with van der Waals surface area (Å²) < 4.78 is 5.60.